The molecule has 2 aromatic carbocycles. The Morgan fingerprint density at radius 3 is 2.68 bits per heavy atom. The van der Waals surface area contributed by atoms with Crippen LogP contribution in [0.4, 0.5) is 4.79 Å². The van der Waals surface area contributed by atoms with Crippen molar-refractivity contribution in [1.29, 1.82) is 0 Å². The first-order valence-electron chi connectivity index (χ1n) is 8.37. The third kappa shape index (κ3) is 4.27. The average molecular weight is 488 g/mol. The van der Waals surface area contributed by atoms with E-state index in [1.807, 2.05) is 6.07 Å². The molecule has 2 N–H and O–H groups in total. The summed E-state index contributed by atoms with van der Waals surface area (Å²) in [5.74, 6) is 0.0478. The molecule has 0 radical (unpaired) electrons. The first kappa shape index (κ1) is 20.9. The Bertz CT molecular complexity index is 927. The second-order valence-electron chi connectivity index (χ2n) is 6.52. The lowest BCUT2D eigenvalue weighted by Gasteiger charge is -2.24. The molecule has 1 aliphatic rings. The number of benzene rings is 2. The molecule has 0 saturated carbocycles. The number of urea groups is 1. The van der Waals surface area contributed by atoms with E-state index >= 15 is 0 Å². The zero-order chi connectivity index (χ0) is 20.5. The molecule has 9 heteroatoms. The molecule has 0 bridgehead atoms. The second-order valence-corrected chi connectivity index (χ2v) is 8.28. The van der Waals surface area contributed by atoms with Gasteiger partial charge >= 0.3 is 6.03 Å². The minimum Gasteiger partial charge on any atom is -0.491 e. The van der Waals surface area contributed by atoms with E-state index in [0.717, 1.165) is 9.37 Å². The molecule has 1 fully saturated rings. The topological polar surface area (TPSA) is 78.9 Å². The minimum atomic E-state index is -1.34. The van der Waals surface area contributed by atoms with E-state index in [-0.39, 0.29) is 18.2 Å². The van der Waals surface area contributed by atoms with Crippen molar-refractivity contribution in [1.82, 2.24) is 10.2 Å². The fourth-order valence-corrected chi connectivity index (χ4v) is 3.93. The van der Waals surface area contributed by atoms with Crippen molar-refractivity contribution in [2.24, 2.45) is 0 Å². The van der Waals surface area contributed by atoms with Gasteiger partial charge in [-0.15, -0.1) is 0 Å². The molecule has 1 aliphatic heterocycles. The minimum absolute atomic E-state index is 0.0775. The van der Waals surface area contributed by atoms with Crippen LogP contribution in [0.15, 0.2) is 46.9 Å². The molecule has 2 aromatic rings. The molecular weight excluding hydrogens is 471 g/mol. The van der Waals surface area contributed by atoms with E-state index in [4.69, 9.17) is 27.9 Å². The smallest absolute Gasteiger partial charge is 0.325 e. The number of aliphatic hydroxyl groups excluding tert-OH is 1. The maximum Gasteiger partial charge on any atom is 0.325 e. The maximum atomic E-state index is 12.9. The zero-order valence-electron chi connectivity index (χ0n) is 14.8. The van der Waals surface area contributed by atoms with Crippen LogP contribution in [-0.4, -0.2) is 41.2 Å². The van der Waals surface area contributed by atoms with Gasteiger partial charge < -0.3 is 15.2 Å². The molecule has 148 valence electrons. The average Bonchev–Trinajstić information content (AvgIpc) is 2.84. The molecule has 1 heterocycles. The fraction of sp³-hybridized carbons (Fsp3) is 0.263. The van der Waals surface area contributed by atoms with Gasteiger partial charge in [0.05, 0.1) is 6.54 Å². The Morgan fingerprint density at radius 2 is 2.00 bits per heavy atom. The lowest BCUT2D eigenvalue weighted by atomic mass is 9.92. The van der Waals surface area contributed by atoms with Gasteiger partial charge in [0, 0.05) is 20.1 Å². The Balaban J connectivity index is 1.69. The Hall–Kier alpha value is -1.80. The third-order valence-electron chi connectivity index (χ3n) is 4.38. The van der Waals surface area contributed by atoms with Gasteiger partial charge in [-0.05, 0) is 37.3 Å². The predicted molar refractivity (Wildman–Crippen MR) is 110 cm³/mol. The number of rotatable bonds is 6. The van der Waals surface area contributed by atoms with Crippen molar-refractivity contribution in [3.8, 4) is 5.75 Å². The highest BCUT2D eigenvalue weighted by Gasteiger charge is 2.50. The number of carbonyl (C=O) groups excluding carboxylic acids is 2. The highest BCUT2D eigenvalue weighted by molar-refractivity contribution is 9.10. The number of amides is 3. The summed E-state index contributed by atoms with van der Waals surface area (Å²) in [7, 11) is 0. The van der Waals surface area contributed by atoms with Crippen LogP contribution < -0.4 is 10.1 Å². The molecule has 0 spiro atoms. The van der Waals surface area contributed by atoms with E-state index in [0.29, 0.717) is 16.3 Å². The van der Waals surface area contributed by atoms with Crippen LogP contribution in [0, 0.1) is 0 Å². The number of β-amino-alcohol motifs (C(OH)–C–C–N with tert-alkyl or cyclic N) is 1. The highest BCUT2D eigenvalue weighted by atomic mass is 79.9. The Labute approximate surface area is 180 Å². The Kier molecular flexibility index (Phi) is 6.19. The summed E-state index contributed by atoms with van der Waals surface area (Å²) >= 11 is 15.5. The summed E-state index contributed by atoms with van der Waals surface area (Å²) in [6, 6.07) is 11.2. The van der Waals surface area contributed by atoms with Gasteiger partial charge in [-0.1, -0.05) is 51.3 Å². The van der Waals surface area contributed by atoms with Gasteiger partial charge in [0.1, 0.15) is 24.0 Å². The fourth-order valence-electron chi connectivity index (χ4n) is 2.95. The third-order valence-corrected chi connectivity index (χ3v) is 5.42. The molecule has 2 atom stereocenters. The first-order valence-corrected chi connectivity index (χ1v) is 9.91. The standard InChI is InChI=1S/C19H17BrCl2N2O4/c1-19(15-6-5-12(21)8-16(15)22)17(26)24(18(27)23-19)9-13(25)10-28-14-4-2-3-11(20)7-14/h2-8,13,25H,9-10H2,1H3,(H,23,27). The quantitative estimate of drug-likeness (QED) is 0.604. The Morgan fingerprint density at radius 1 is 1.25 bits per heavy atom. The van der Waals surface area contributed by atoms with Crippen molar-refractivity contribution < 1.29 is 19.4 Å². The van der Waals surface area contributed by atoms with Gasteiger partial charge in [-0.2, -0.15) is 0 Å². The molecule has 0 aliphatic carbocycles. The number of hydrogen-bond donors (Lipinski definition) is 2. The number of nitrogens with one attached hydrogen (secondary N) is 1. The molecule has 2 unspecified atom stereocenters. The summed E-state index contributed by atoms with van der Waals surface area (Å²) in [5.41, 5.74) is -0.914. The van der Waals surface area contributed by atoms with Crippen LogP contribution in [0.25, 0.3) is 0 Å². The number of carbonyl (C=O) groups is 2. The number of hydrogen-bond acceptors (Lipinski definition) is 4. The lowest BCUT2D eigenvalue weighted by molar-refractivity contribution is -0.132. The van der Waals surface area contributed by atoms with Crippen molar-refractivity contribution in [3.05, 3.63) is 62.5 Å². The van der Waals surface area contributed by atoms with E-state index in [2.05, 4.69) is 21.2 Å². The van der Waals surface area contributed by atoms with Crippen LogP contribution in [0.3, 0.4) is 0 Å². The zero-order valence-corrected chi connectivity index (χ0v) is 17.9. The maximum absolute atomic E-state index is 12.9. The number of imide groups is 1. The molecular formula is C19H17BrCl2N2O4. The van der Waals surface area contributed by atoms with Gasteiger partial charge in [0.15, 0.2) is 0 Å². The normalized spacial score (nSPS) is 20.2. The summed E-state index contributed by atoms with van der Waals surface area (Å²) in [4.78, 5) is 26.3. The molecule has 28 heavy (non-hydrogen) atoms. The number of halogens is 3. The van der Waals surface area contributed by atoms with Crippen LogP contribution >= 0.6 is 39.1 Å². The van der Waals surface area contributed by atoms with Crippen molar-refractivity contribution >= 4 is 51.1 Å². The van der Waals surface area contributed by atoms with E-state index < -0.39 is 23.6 Å². The molecule has 3 rings (SSSR count). The monoisotopic (exact) mass is 486 g/mol. The van der Waals surface area contributed by atoms with Crippen molar-refractivity contribution in [2.45, 2.75) is 18.6 Å². The first-order chi connectivity index (χ1) is 13.2. The van der Waals surface area contributed by atoms with Crippen molar-refractivity contribution in [3.63, 3.8) is 0 Å². The SMILES string of the molecule is CC1(c2ccc(Cl)cc2Cl)NC(=O)N(CC(O)COc2cccc(Br)c2)C1=O. The van der Waals surface area contributed by atoms with Crippen LogP contribution in [0.1, 0.15) is 12.5 Å². The van der Waals surface area contributed by atoms with Crippen LogP contribution in [-0.2, 0) is 10.3 Å². The van der Waals surface area contributed by atoms with E-state index in [1.54, 1.807) is 37.3 Å². The molecule has 6 nitrogen and oxygen atoms in total. The van der Waals surface area contributed by atoms with Crippen molar-refractivity contribution in [2.75, 3.05) is 13.2 Å². The summed E-state index contributed by atoms with van der Waals surface area (Å²) in [6.07, 6.45) is -1.06. The van der Waals surface area contributed by atoms with Gasteiger partial charge in [0.25, 0.3) is 5.91 Å². The van der Waals surface area contributed by atoms with E-state index in [1.165, 1.54) is 6.07 Å². The molecule has 0 aromatic heterocycles. The van der Waals surface area contributed by atoms with Crippen LogP contribution in [0.2, 0.25) is 10.0 Å². The second kappa shape index (κ2) is 8.29. The van der Waals surface area contributed by atoms with Gasteiger partial charge in [0.2, 0.25) is 0 Å². The van der Waals surface area contributed by atoms with Gasteiger partial charge in [-0.25, -0.2) is 4.79 Å². The van der Waals surface area contributed by atoms with E-state index in [9.17, 15) is 14.7 Å². The number of ether oxygens (including phenoxy) is 1. The number of nitrogens with zero attached hydrogens (tertiary/aromatic N) is 1. The summed E-state index contributed by atoms with van der Waals surface area (Å²) in [6.45, 7) is 1.28. The summed E-state index contributed by atoms with van der Waals surface area (Å²) in [5, 5.41) is 13.6. The highest BCUT2D eigenvalue weighted by Crippen LogP contribution is 2.35. The van der Waals surface area contributed by atoms with Crippen LogP contribution in [0.5, 0.6) is 5.75 Å². The molecule has 3 amide bonds. The number of aliphatic hydroxyl groups is 1. The predicted octanol–water partition coefficient (Wildman–Crippen LogP) is 3.96. The lowest BCUT2D eigenvalue weighted by Crippen LogP contribution is -2.43. The molecule has 1 saturated heterocycles. The summed E-state index contributed by atoms with van der Waals surface area (Å²) < 4.78 is 6.35. The van der Waals surface area contributed by atoms with Gasteiger partial charge in [-0.3, -0.25) is 9.69 Å². The largest absolute Gasteiger partial charge is 0.491 e.